The Morgan fingerprint density at radius 1 is 1.11 bits per heavy atom. The summed E-state index contributed by atoms with van der Waals surface area (Å²) in [5, 5.41) is 12.0. The Kier molecular flexibility index (Phi) is 9.11. The van der Waals surface area contributed by atoms with E-state index >= 15 is 0 Å². The second-order valence-electron chi connectivity index (χ2n) is 8.67. The third-order valence-corrected chi connectivity index (χ3v) is 6.69. The second kappa shape index (κ2) is 12.2. The minimum Gasteiger partial charge on any atom is -0.481 e. The molecule has 0 radical (unpaired) electrons. The molecule has 3 aliphatic carbocycles. The number of carboxylic acids is 1. The number of fused-ring (bicyclic) bond motifs is 3. The summed E-state index contributed by atoms with van der Waals surface area (Å²) in [7, 11) is 3.52. The average molecular weight is 477 g/mol. The molecule has 3 fully saturated rings. The van der Waals surface area contributed by atoms with E-state index < -0.39 is 5.97 Å². The first-order valence-corrected chi connectivity index (χ1v) is 12.4. The lowest BCUT2D eigenvalue weighted by Crippen LogP contribution is -2.35. The smallest absolute Gasteiger partial charge is 0.306 e. The largest absolute Gasteiger partial charge is 0.481 e. The van der Waals surface area contributed by atoms with Crippen LogP contribution in [0.4, 0.5) is 5.82 Å². The van der Waals surface area contributed by atoms with E-state index in [0.29, 0.717) is 23.4 Å². The number of hydrogen-bond donors (Lipinski definition) is 3. The van der Waals surface area contributed by atoms with Crippen LogP contribution in [0.3, 0.4) is 0 Å². The first kappa shape index (κ1) is 26.1. The van der Waals surface area contributed by atoms with E-state index in [1.807, 2.05) is 51.2 Å². The number of aliphatic imine (C=N–C) groups is 2. The Morgan fingerprint density at radius 2 is 1.80 bits per heavy atom. The van der Waals surface area contributed by atoms with Gasteiger partial charge in [0.25, 0.3) is 0 Å². The molecule has 35 heavy (non-hydrogen) atoms. The fraction of sp³-hybridized carbons (Fsp3) is 0.444. The zero-order chi connectivity index (χ0) is 25.4. The summed E-state index contributed by atoms with van der Waals surface area (Å²) in [5.41, 5.74) is 9.30. The van der Waals surface area contributed by atoms with Crippen molar-refractivity contribution in [2.75, 3.05) is 19.8 Å². The van der Waals surface area contributed by atoms with Gasteiger partial charge in [-0.25, -0.2) is 15.0 Å². The van der Waals surface area contributed by atoms with Crippen LogP contribution in [-0.2, 0) is 4.79 Å². The van der Waals surface area contributed by atoms with Gasteiger partial charge >= 0.3 is 5.97 Å². The van der Waals surface area contributed by atoms with E-state index in [-0.39, 0.29) is 5.92 Å². The van der Waals surface area contributed by atoms with Crippen molar-refractivity contribution >= 4 is 29.4 Å². The van der Waals surface area contributed by atoms with Gasteiger partial charge in [0.05, 0.1) is 22.9 Å². The van der Waals surface area contributed by atoms with Crippen molar-refractivity contribution < 1.29 is 9.90 Å². The van der Waals surface area contributed by atoms with Crippen LogP contribution in [0, 0.1) is 17.8 Å². The number of amidine groups is 1. The maximum atomic E-state index is 10.7. The highest BCUT2D eigenvalue weighted by atomic mass is 16.4. The topological polar surface area (TPSA) is 126 Å². The van der Waals surface area contributed by atoms with Crippen molar-refractivity contribution in [2.24, 2.45) is 27.7 Å². The van der Waals surface area contributed by atoms with Gasteiger partial charge in [0, 0.05) is 31.9 Å². The van der Waals surface area contributed by atoms with Gasteiger partial charge in [-0.3, -0.25) is 9.79 Å². The van der Waals surface area contributed by atoms with E-state index in [4.69, 9.17) is 10.8 Å². The molecule has 8 heteroatoms. The molecule has 186 valence electrons. The molecule has 1 atom stereocenters. The third-order valence-electron chi connectivity index (χ3n) is 6.69. The number of carboxylic acid groups (broad SMARTS) is 1. The first-order chi connectivity index (χ1) is 17.0. The number of allylic oxidation sites excluding steroid dienone is 1. The Balaban J connectivity index is 0.000000220. The number of nitrogens with zero attached hydrogens (tertiary/aromatic N) is 4. The van der Waals surface area contributed by atoms with Crippen molar-refractivity contribution in [3.8, 4) is 11.3 Å². The van der Waals surface area contributed by atoms with E-state index in [1.54, 1.807) is 19.3 Å². The highest BCUT2D eigenvalue weighted by Crippen LogP contribution is 2.44. The van der Waals surface area contributed by atoms with Crippen LogP contribution in [0.2, 0.25) is 0 Å². The number of rotatable bonds is 4. The molecule has 8 nitrogen and oxygen atoms in total. The van der Waals surface area contributed by atoms with Gasteiger partial charge < -0.3 is 16.2 Å². The fourth-order valence-electron chi connectivity index (χ4n) is 4.98. The summed E-state index contributed by atoms with van der Waals surface area (Å²) in [6.45, 7) is 4.00. The number of nitrogens with one attached hydrogen (secondary N) is 1. The van der Waals surface area contributed by atoms with E-state index in [2.05, 4.69) is 25.3 Å². The normalized spacial score (nSPS) is 23.3. The van der Waals surface area contributed by atoms with Crippen LogP contribution in [0.1, 0.15) is 51.8 Å². The Labute approximate surface area is 207 Å². The number of nitrogen functional groups attached to an aromatic ring is 1. The quantitative estimate of drug-likeness (QED) is 0.588. The molecule has 0 amide bonds. The molecule has 3 saturated carbocycles. The highest BCUT2D eigenvalue weighted by Gasteiger charge is 2.39. The number of benzene rings is 1. The summed E-state index contributed by atoms with van der Waals surface area (Å²) < 4.78 is 0. The van der Waals surface area contributed by atoms with E-state index in [0.717, 1.165) is 34.9 Å². The number of carbonyl (C=O) groups is 1. The molecule has 1 aromatic carbocycles. The lowest BCUT2D eigenvalue weighted by molar-refractivity contribution is -0.147. The standard InChI is InChI=1S/C16H16N6.C9H14O2.C2H6/c1-18-14-11(9-20-16(14)19-2)15-21-12(8-13(17)22-15)10-6-4-3-5-7-10;10-9(11)8-5-6-1-3-7(8)4-2-6;1-2/h3-9H,1-2H3,(H2,17,21,22)(H,18,19,20);6-8H,1-5H2,(H,10,11);1-2H3. The Hall–Kier alpha value is -3.55. The Morgan fingerprint density at radius 3 is 2.31 bits per heavy atom. The lowest BCUT2D eigenvalue weighted by Gasteiger charge is -2.40. The van der Waals surface area contributed by atoms with Gasteiger partial charge in [0.1, 0.15) is 5.82 Å². The SMILES string of the molecule is CC.CN=C1N=CC(c2nc(N)cc(-c3ccccc3)n2)=C1NC.O=C(O)C1CC2CCC1CC2. The molecule has 0 spiro atoms. The number of aliphatic carboxylic acids is 1. The van der Waals surface area contributed by atoms with Crippen LogP contribution >= 0.6 is 0 Å². The molecule has 1 aromatic heterocycles. The van der Waals surface area contributed by atoms with Crippen LogP contribution < -0.4 is 11.1 Å². The Bertz CT molecular complexity index is 1100. The van der Waals surface area contributed by atoms with E-state index in [1.165, 1.54) is 25.7 Å². The summed E-state index contributed by atoms with van der Waals surface area (Å²) >= 11 is 0. The monoisotopic (exact) mass is 476 g/mol. The molecule has 2 heterocycles. The van der Waals surface area contributed by atoms with Crippen LogP contribution in [0.15, 0.2) is 52.1 Å². The summed E-state index contributed by atoms with van der Waals surface area (Å²) in [6, 6.07) is 11.6. The number of nitrogens with two attached hydrogens (primary N) is 1. The number of hydrogen-bond acceptors (Lipinski definition) is 6. The van der Waals surface area contributed by atoms with Gasteiger partial charge in [-0.1, -0.05) is 57.0 Å². The highest BCUT2D eigenvalue weighted by molar-refractivity contribution is 6.27. The van der Waals surface area contributed by atoms with Crippen LogP contribution in [-0.4, -0.2) is 47.2 Å². The van der Waals surface area contributed by atoms with Crippen LogP contribution in [0.25, 0.3) is 16.8 Å². The first-order valence-electron chi connectivity index (χ1n) is 12.4. The molecular formula is C27H36N6O2. The van der Waals surface area contributed by atoms with Gasteiger partial charge in [0.2, 0.25) is 0 Å². The minimum absolute atomic E-state index is 0.00231. The minimum atomic E-state index is -0.556. The summed E-state index contributed by atoms with van der Waals surface area (Å²) in [6.07, 6.45) is 7.57. The van der Waals surface area contributed by atoms with Gasteiger partial charge in [-0.2, -0.15) is 0 Å². The molecule has 0 saturated heterocycles. The molecule has 6 rings (SSSR count). The van der Waals surface area contributed by atoms with Gasteiger partial charge in [0.15, 0.2) is 11.7 Å². The predicted octanol–water partition coefficient (Wildman–Crippen LogP) is 4.69. The fourth-order valence-corrected chi connectivity index (χ4v) is 4.98. The maximum absolute atomic E-state index is 10.7. The second-order valence-corrected chi connectivity index (χ2v) is 8.67. The van der Waals surface area contributed by atoms with Crippen molar-refractivity contribution in [1.29, 1.82) is 0 Å². The summed E-state index contributed by atoms with van der Waals surface area (Å²) in [4.78, 5) is 28.1. The molecule has 4 aliphatic rings. The zero-order valence-corrected chi connectivity index (χ0v) is 21.0. The number of likely N-dealkylation sites (N-methyl/N-ethyl adjacent to an activating group) is 1. The van der Waals surface area contributed by atoms with Gasteiger partial charge in [-0.05, 0) is 31.1 Å². The van der Waals surface area contributed by atoms with Crippen molar-refractivity contribution in [1.82, 2.24) is 15.3 Å². The third kappa shape index (κ3) is 6.12. The maximum Gasteiger partial charge on any atom is 0.306 e. The molecule has 1 aliphatic heterocycles. The zero-order valence-electron chi connectivity index (χ0n) is 21.0. The molecule has 4 N–H and O–H groups in total. The van der Waals surface area contributed by atoms with Crippen molar-refractivity contribution in [3.63, 3.8) is 0 Å². The summed E-state index contributed by atoms with van der Waals surface area (Å²) in [5.74, 6) is 2.28. The molecule has 2 bridgehead atoms. The molecule has 2 aromatic rings. The average Bonchev–Trinajstić information content (AvgIpc) is 3.34. The number of aromatic nitrogens is 2. The van der Waals surface area contributed by atoms with Crippen molar-refractivity contribution in [2.45, 2.75) is 46.0 Å². The molecular weight excluding hydrogens is 440 g/mol. The van der Waals surface area contributed by atoms with Crippen LogP contribution in [0.5, 0.6) is 0 Å². The number of anilines is 1. The van der Waals surface area contributed by atoms with Gasteiger partial charge in [-0.15, -0.1) is 0 Å². The van der Waals surface area contributed by atoms with Crippen molar-refractivity contribution in [3.05, 3.63) is 47.9 Å². The predicted molar refractivity (Wildman–Crippen MR) is 142 cm³/mol. The lowest BCUT2D eigenvalue weighted by atomic mass is 9.65. The van der Waals surface area contributed by atoms with E-state index in [9.17, 15) is 4.79 Å². The molecule has 1 unspecified atom stereocenters.